The van der Waals surface area contributed by atoms with Crippen molar-refractivity contribution >= 4 is 29.9 Å². The summed E-state index contributed by atoms with van der Waals surface area (Å²) in [6, 6.07) is 6.43. The van der Waals surface area contributed by atoms with E-state index in [1.54, 1.807) is 14.2 Å². The molecule has 2 N–H and O–H groups in total. The molecule has 0 radical (unpaired) electrons. The molecule has 1 aliphatic rings. The molecule has 0 spiro atoms. The number of nitrogens with one attached hydrogen (secondary N) is 2. The van der Waals surface area contributed by atoms with Crippen LogP contribution in [0.4, 0.5) is 0 Å². The molecule has 1 fully saturated rings. The zero-order valence-electron chi connectivity index (χ0n) is 15.1. The quantitative estimate of drug-likeness (QED) is 0.397. The van der Waals surface area contributed by atoms with Gasteiger partial charge in [-0.2, -0.15) is 0 Å². The van der Waals surface area contributed by atoms with Crippen LogP contribution >= 0.6 is 24.0 Å². The topological polar surface area (TPSA) is 54.9 Å². The van der Waals surface area contributed by atoms with Crippen LogP contribution in [-0.2, 0) is 6.54 Å². The summed E-state index contributed by atoms with van der Waals surface area (Å²) in [5.41, 5.74) is 1.14. The van der Waals surface area contributed by atoms with Crippen molar-refractivity contribution in [3.63, 3.8) is 0 Å². The molecule has 0 aliphatic heterocycles. The van der Waals surface area contributed by atoms with Crippen molar-refractivity contribution in [2.75, 3.05) is 14.2 Å². The molecular weight excluding hydrogens is 417 g/mol. The summed E-state index contributed by atoms with van der Waals surface area (Å²) < 4.78 is 11.6. The van der Waals surface area contributed by atoms with Gasteiger partial charge in [0, 0.05) is 19.6 Å². The lowest BCUT2D eigenvalue weighted by Gasteiger charge is -2.18. The van der Waals surface area contributed by atoms with Gasteiger partial charge in [-0.05, 0) is 57.2 Å². The van der Waals surface area contributed by atoms with E-state index in [0.29, 0.717) is 18.7 Å². The van der Waals surface area contributed by atoms with Gasteiger partial charge in [-0.25, -0.2) is 0 Å². The highest BCUT2D eigenvalue weighted by atomic mass is 127. The Bertz CT molecular complexity index is 529. The van der Waals surface area contributed by atoms with E-state index in [2.05, 4.69) is 41.6 Å². The largest absolute Gasteiger partial charge is 0.493 e. The Labute approximate surface area is 162 Å². The van der Waals surface area contributed by atoms with Gasteiger partial charge in [-0.1, -0.05) is 6.07 Å². The van der Waals surface area contributed by atoms with E-state index in [1.165, 1.54) is 12.8 Å². The number of benzene rings is 1. The van der Waals surface area contributed by atoms with E-state index in [0.717, 1.165) is 35.9 Å². The van der Waals surface area contributed by atoms with Crippen LogP contribution in [0, 0.1) is 0 Å². The zero-order chi connectivity index (χ0) is 16.7. The number of ether oxygens (including phenoxy) is 2. The lowest BCUT2D eigenvalue weighted by molar-refractivity contribution is 0.200. The maximum atomic E-state index is 6.14. The van der Waals surface area contributed by atoms with Crippen LogP contribution in [0.25, 0.3) is 0 Å². The summed E-state index contributed by atoms with van der Waals surface area (Å²) >= 11 is 0. The highest BCUT2D eigenvalue weighted by molar-refractivity contribution is 14.0. The maximum Gasteiger partial charge on any atom is 0.191 e. The van der Waals surface area contributed by atoms with Gasteiger partial charge in [-0.15, -0.1) is 24.0 Å². The Morgan fingerprint density at radius 3 is 2.54 bits per heavy atom. The van der Waals surface area contributed by atoms with E-state index in [1.807, 2.05) is 6.07 Å². The lowest BCUT2D eigenvalue weighted by Crippen LogP contribution is -2.40. The first-order valence-corrected chi connectivity index (χ1v) is 8.43. The molecule has 5 nitrogen and oxygen atoms in total. The Morgan fingerprint density at radius 2 is 1.96 bits per heavy atom. The molecule has 0 saturated heterocycles. The number of aliphatic imine (C=N–C) groups is 1. The summed E-state index contributed by atoms with van der Waals surface area (Å²) in [5, 5.41) is 6.60. The van der Waals surface area contributed by atoms with Crippen molar-refractivity contribution in [2.24, 2.45) is 4.99 Å². The minimum absolute atomic E-state index is 0. The second-order valence-electron chi connectivity index (χ2n) is 6.23. The van der Waals surface area contributed by atoms with Crippen LogP contribution in [0.1, 0.15) is 45.1 Å². The number of halogens is 1. The van der Waals surface area contributed by atoms with Crippen molar-refractivity contribution in [3.05, 3.63) is 23.8 Å². The van der Waals surface area contributed by atoms with Gasteiger partial charge >= 0.3 is 0 Å². The van der Waals surface area contributed by atoms with E-state index < -0.39 is 0 Å². The third-order valence-corrected chi connectivity index (χ3v) is 3.93. The molecule has 1 saturated carbocycles. The summed E-state index contributed by atoms with van der Waals surface area (Å²) in [7, 11) is 3.46. The third kappa shape index (κ3) is 6.37. The smallest absolute Gasteiger partial charge is 0.191 e. The Hall–Kier alpha value is -1.18. The second kappa shape index (κ2) is 10.6. The number of methoxy groups -OCH3 is 1. The van der Waals surface area contributed by atoms with Gasteiger partial charge in [0.25, 0.3) is 0 Å². The normalized spacial score (nSPS) is 15.1. The second-order valence-corrected chi connectivity index (χ2v) is 6.23. The van der Waals surface area contributed by atoms with Crippen LogP contribution in [0.5, 0.6) is 11.5 Å². The first-order chi connectivity index (χ1) is 11.1. The Kier molecular flexibility index (Phi) is 9.25. The molecule has 0 aromatic heterocycles. The average Bonchev–Trinajstić information content (AvgIpc) is 3.04. The zero-order valence-corrected chi connectivity index (χ0v) is 17.4. The first-order valence-electron chi connectivity index (χ1n) is 8.43. The van der Waals surface area contributed by atoms with Gasteiger partial charge in [0.2, 0.25) is 0 Å². The molecule has 0 bridgehead atoms. The molecule has 0 atom stereocenters. The van der Waals surface area contributed by atoms with Crippen molar-refractivity contribution < 1.29 is 9.47 Å². The molecule has 1 aromatic carbocycles. The number of hydrogen-bond acceptors (Lipinski definition) is 3. The monoisotopic (exact) mass is 447 g/mol. The summed E-state index contributed by atoms with van der Waals surface area (Å²) in [6.07, 6.45) is 5.10. The third-order valence-electron chi connectivity index (χ3n) is 3.93. The highest BCUT2D eigenvalue weighted by Gasteiger charge is 2.18. The summed E-state index contributed by atoms with van der Waals surface area (Å²) in [5.74, 6) is 2.44. The van der Waals surface area contributed by atoms with Crippen LogP contribution in [0.15, 0.2) is 23.2 Å². The fourth-order valence-electron chi connectivity index (χ4n) is 2.76. The molecule has 2 rings (SSSR count). The van der Waals surface area contributed by atoms with E-state index >= 15 is 0 Å². The summed E-state index contributed by atoms with van der Waals surface area (Å²) in [6.45, 7) is 4.87. The molecule has 0 heterocycles. The van der Waals surface area contributed by atoms with Crippen LogP contribution in [0.2, 0.25) is 0 Å². The average molecular weight is 447 g/mol. The fraction of sp³-hybridized carbons (Fsp3) is 0.611. The van der Waals surface area contributed by atoms with Crippen molar-refractivity contribution in [1.29, 1.82) is 0 Å². The van der Waals surface area contributed by atoms with Gasteiger partial charge in [0.05, 0.1) is 13.2 Å². The van der Waals surface area contributed by atoms with Gasteiger partial charge < -0.3 is 20.1 Å². The van der Waals surface area contributed by atoms with Gasteiger partial charge in [-0.3, -0.25) is 4.99 Å². The first kappa shape index (κ1) is 20.9. The predicted octanol–water partition coefficient (Wildman–Crippen LogP) is 3.71. The lowest BCUT2D eigenvalue weighted by atomic mass is 10.2. The fourth-order valence-corrected chi connectivity index (χ4v) is 2.76. The number of hydrogen-bond donors (Lipinski definition) is 2. The van der Waals surface area contributed by atoms with Crippen molar-refractivity contribution in [1.82, 2.24) is 10.6 Å². The minimum Gasteiger partial charge on any atom is -0.493 e. The predicted molar refractivity (Wildman–Crippen MR) is 110 cm³/mol. The Morgan fingerprint density at radius 1 is 1.25 bits per heavy atom. The van der Waals surface area contributed by atoms with Crippen LogP contribution < -0.4 is 20.1 Å². The molecule has 0 amide bonds. The minimum atomic E-state index is 0. The number of guanidine groups is 1. The van der Waals surface area contributed by atoms with Crippen LogP contribution in [0.3, 0.4) is 0 Å². The number of nitrogens with zero attached hydrogens (tertiary/aromatic N) is 1. The standard InChI is InChI=1S/C18H29N3O2.HI/c1-13(2)21-18(19-3)20-12-14-9-10-16(22-4)17(11-14)23-15-7-5-6-8-15;/h9-11,13,15H,5-8,12H2,1-4H3,(H2,19,20,21);1H. The molecule has 6 heteroatoms. The van der Waals surface area contributed by atoms with E-state index in [-0.39, 0.29) is 24.0 Å². The van der Waals surface area contributed by atoms with Crippen LogP contribution in [-0.4, -0.2) is 32.3 Å². The summed E-state index contributed by atoms with van der Waals surface area (Å²) in [4.78, 5) is 4.22. The van der Waals surface area contributed by atoms with E-state index in [9.17, 15) is 0 Å². The molecule has 136 valence electrons. The molecule has 1 aromatic rings. The highest BCUT2D eigenvalue weighted by Crippen LogP contribution is 2.32. The van der Waals surface area contributed by atoms with Gasteiger partial charge in [0.15, 0.2) is 17.5 Å². The molecule has 0 unspecified atom stereocenters. The SMILES string of the molecule is CN=C(NCc1ccc(OC)c(OC2CCCC2)c1)NC(C)C.I. The van der Waals surface area contributed by atoms with Gasteiger partial charge in [0.1, 0.15) is 0 Å². The molecule has 24 heavy (non-hydrogen) atoms. The van der Waals surface area contributed by atoms with Crippen molar-refractivity contribution in [3.8, 4) is 11.5 Å². The van der Waals surface area contributed by atoms with E-state index in [4.69, 9.17) is 9.47 Å². The van der Waals surface area contributed by atoms with Crippen molar-refractivity contribution in [2.45, 2.75) is 58.2 Å². The molecular formula is C18H30IN3O2. The molecule has 1 aliphatic carbocycles. The maximum absolute atomic E-state index is 6.14. The number of rotatable bonds is 6. The Balaban J connectivity index is 0.00000288.